The molecule has 1 aliphatic rings. The molecule has 1 aliphatic heterocycles. The summed E-state index contributed by atoms with van der Waals surface area (Å²) < 4.78 is 16.3. The summed E-state index contributed by atoms with van der Waals surface area (Å²) in [6, 6.07) is 17.3. The lowest BCUT2D eigenvalue weighted by atomic mass is 9.97. The molecule has 216 valence electrons. The van der Waals surface area contributed by atoms with E-state index in [-0.39, 0.29) is 24.3 Å². The van der Waals surface area contributed by atoms with Crippen molar-refractivity contribution in [2.75, 3.05) is 34.4 Å². The fourth-order valence-corrected chi connectivity index (χ4v) is 4.89. The summed E-state index contributed by atoms with van der Waals surface area (Å²) in [5, 5.41) is 6.29. The van der Waals surface area contributed by atoms with Gasteiger partial charge < -0.3 is 29.7 Å². The number of piperazine rings is 1. The first-order chi connectivity index (χ1) is 19.7. The number of carbonyl (C=O) groups excluding carboxylic acids is 3. The first kappa shape index (κ1) is 29.7. The van der Waals surface area contributed by atoms with Gasteiger partial charge in [-0.05, 0) is 59.9 Å². The van der Waals surface area contributed by atoms with Crippen molar-refractivity contribution in [2.24, 2.45) is 0 Å². The fraction of sp³-hybridized carbons (Fsp3) is 0.323. The minimum Gasteiger partial charge on any atom is -0.493 e. The number of nitrogens with one attached hydrogen (secondary N) is 2. The van der Waals surface area contributed by atoms with Crippen LogP contribution in [0.25, 0.3) is 11.1 Å². The standard InChI is InChI=1S/C31H34ClN3O6/c1-19-30(37)34-25(31(38)35(19)18-28(36)33-14-13-20-7-11-24(32)12-8-20)15-21-5-9-22(10-6-21)23-16-26(39-2)29(41-4)27(17-23)40-3/h5-12,16-17,19,25H,13-15,18H2,1-4H3,(H,33,36)(H,34,37)/t19-,25-/m1/s1. The van der Waals surface area contributed by atoms with Crippen LogP contribution in [0.3, 0.4) is 0 Å². The van der Waals surface area contributed by atoms with Crippen molar-refractivity contribution < 1.29 is 28.6 Å². The molecule has 1 saturated heterocycles. The van der Waals surface area contributed by atoms with Crippen molar-refractivity contribution in [1.82, 2.24) is 15.5 Å². The number of ether oxygens (including phenoxy) is 3. The van der Waals surface area contributed by atoms with Gasteiger partial charge in [-0.15, -0.1) is 0 Å². The maximum absolute atomic E-state index is 13.3. The number of benzene rings is 3. The highest BCUT2D eigenvalue weighted by Crippen LogP contribution is 2.41. The van der Waals surface area contributed by atoms with Gasteiger partial charge in [0.25, 0.3) is 0 Å². The van der Waals surface area contributed by atoms with Gasteiger partial charge >= 0.3 is 0 Å². The minimum absolute atomic E-state index is 0.190. The second kappa shape index (κ2) is 13.4. The molecule has 10 heteroatoms. The molecule has 0 bridgehead atoms. The zero-order valence-electron chi connectivity index (χ0n) is 23.5. The van der Waals surface area contributed by atoms with Gasteiger partial charge in [0.2, 0.25) is 23.5 Å². The maximum Gasteiger partial charge on any atom is 0.246 e. The highest BCUT2D eigenvalue weighted by molar-refractivity contribution is 6.30. The monoisotopic (exact) mass is 579 g/mol. The molecule has 0 unspecified atom stereocenters. The first-order valence-corrected chi connectivity index (χ1v) is 13.6. The van der Waals surface area contributed by atoms with E-state index >= 15 is 0 Å². The summed E-state index contributed by atoms with van der Waals surface area (Å²) in [6.45, 7) is 1.84. The average Bonchev–Trinajstić information content (AvgIpc) is 2.98. The topological polar surface area (TPSA) is 106 Å². The normalized spacial score (nSPS) is 16.7. The summed E-state index contributed by atoms with van der Waals surface area (Å²) in [5.74, 6) is 0.698. The van der Waals surface area contributed by atoms with Gasteiger partial charge in [0.1, 0.15) is 18.6 Å². The molecule has 0 saturated carbocycles. The lowest BCUT2D eigenvalue weighted by Crippen LogP contribution is -2.64. The Bertz CT molecular complexity index is 1370. The van der Waals surface area contributed by atoms with Crippen molar-refractivity contribution in [1.29, 1.82) is 0 Å². The molecule has 4 rings (SSSR count). The Morgan fingerprint density at radius 3 is 2.10 bits per heavy atom. The van der Waals surface area contributed by atoms with Crippen LogP contribution in [-0.2, 0) is 27.2 Å². The summed E-state index contributed by atoms with van der Waals surface area (Å²) in [6.07, 6.45) is 0.920. The van der Waals surface area contributed by atoms with E-state index in [1.165, 1.54) is 4.90 Å². The van der Waals surface area contributed by atoms with Crippen LogP contribution in [-0.4, -0.2) is 69.1 Å². The summed E-state index contributed by atoms with van der Waals surface area (Å²) in [4.78, 5) is 40.0. The van der Waals surface area contributed by atoms with Crippen molar-refractivity contribution in [2.45, 2.75) is 31.8 Å². The zero-order chi connectivity index (χ0) is 29.5. The van der Waals surface area contributed by atoms with E-state index in [9.17, 15) is 14.4 Å². The summed E-state index contributed by atoms with van der Waals surface area (Å²) >= 11 is 5.92. The Kier molecular flexibility index (Phi) is 9.73. The molecule has 41 heavy (non-hydrogen) atoms. The SMILES string of the molecule is COc1cc(-c2ccc(C[C@H]3NC(=O)[C@@H](C)N(CC(=O)NCCc4ccc(Cl)cc4)C3=O)cc2)cc(OC)c1OC. The van der Waals surface area contributed by atoms with Crippen LogP contribution in [0.15, 0.2) is 60.7 Å². The van der Waals surface area contributed by atoms with E-state index in [0.717, 1.165) is 22.3 Å². The van der Waals surface area contributed by atoms with Gasteiger partial charge in [-0.1, -0.05) is 48.0 Å². The molecule has 2 atom stereocenters. The van der Waals surface area contributed by atoms with Gasteiger partial charge in [0, 0.05) is 18.0 Å². The van der Waals surface area contributed by atoms with Gasteiger partial charge in [0.15, 0.2) is 11.5 Å². The smallest absolute Gasteiger partial charge is 0.246 e. The molecule has 9 nitrogen and oxygen atoms in total. The quantitative estimate of drug-likeness (QED) is 0.359. The predicted molar refractivity (Wildman–Crippen MR) is 157 cm³/mol. The molecular weight excluding hydrogens is 546 g/mol. The molecule has 3 aromatic carbocycles. The molecule has 0 radical (unpaired) electrons. The third-order valence-electron chi connectivity index (χ3n) is 7.10. The maximum atomic E-state index is 13.3. The molecule has 0 aromatic heterocycles. The number of amides is 3. The molecule has 0 spiro atoms. The third-order valence-corrected chi connectivity index (χ3v) is 7.35. The van der Waals surface area contributed by atoms with Crippen LogP contribution in [0.4, 0.5) is 0 Å². The molecule has 1 heterocycles. The van der Waals surface area contributed by atoms with Gasteiger partial charge in [0.05, 0.1) is 21.3 Å². The van der Waals surface area contributed by atoms with Crippen LogP contribution < -0.4 is 24.8 Å². The Morgan fingerprint density at radius 2 is 1.51 bits per heavy atom. The summed E-state index contributed by atoms with van der Waals surface area (Å²) in [7, 11) is 4.68. The number of nitrogens with zero attached hydrogens (tertiary/aromatic N) is 1. The molecular formula is C31H34ClN3O6. The second-order valence-electron chi connectivity index (χ2n) is 9.74. The summed E-state index contributed by atoms with van der Waals surface area (Å²) in [5.41, 5.74) is 3.68. The van der Waals surface area contributed by atoms with Crippen molar-refractivity contribution >= 4 is 29.3 Å². The number of methoxy groups -OCH3 is 3. The van der Waals surface area contributed by atoms with E-state index in [0.29, 0.717) is 41.7 Å². The van der Waals surface area contributed by atoms with Crippen molar-refractivity contribution in [3.63, 3.8) is 0 Å². The van der Waals surface area contributed by atoms with Gasteiger partial charge in [-0.2, -0.15) is 0 Å². The van der Waals surface area contributed by atoms with E-state index in [1.807, 2.05) is 48.5 Å². The molecule has 0 aliphatic carbocycles. The van der Waals surface area contributed by atoms with Crippen LogP contribution in [0.2, 0.25) is 5.02 Å². The number of hydrogen-bond donors (Lipinski definition) is 2. The van der Waals surface area contributed by atoms with E-state index in [4.69, 9.17) is 25.8 Å². The van der Waals surface area contributed by atoms with Crippen LogP contribution in [0.1, 0.15) is 18.1 Å². The molecule has 1 fully saturated rings. The minimum atomic E-state index is -0.771. The van der Waals surface area contributed by atoms with Crippen LogP contribution >= 0.6 is 11.6 Å². The lowest BCUT2D eigenvalue weighted by molar-refractivity contribution is -0.150. The number of halogens is 1. The third kappa shape index (κ3) is 7.10. The van der Waals surface area contributed by atoms with Crippen molar-refractivity contribution in [3.8, 4) is 28.4 Å². The van der Waals surface area contributed by atoms with E-state index < -0.39 is 12.1 Å². The van der Waals surface area contributed by atoms with Crippen molar-refractivity contribution in [3.05, 3.63) is 76.8 Å². The number of hydrogen-bond acceptors (Lipinski definition) is 6. The predicted octanol–water partition coefficient (Wildman–Crippen LogP) is 3.65. The molecule has 3 aromatic rings. The largest absolute Gasteiger partial charge is 0.493 e. The number of carbonyl (C=O) groups is 3. The average molecular weight is 580 g/mol. The van der Waals surface area contributed by atoms with Gasteiger partial charge in [-0.3, -0.25) is 14.4 Å². The van der Waals surface area contributed by atoms with Crippen LogP contribution in [0, 0.1) is 0 Å². The zero-order valence-corrected chi connectivity index (χ0v) is 24.3. The van der Waals surface area contributed by atoms with Gasteiger partial charge in [-0.25, -0.2) is 0 Å². The molecule has 3 amide bonds. The van der Waals surface area contributed by atoms with E-state index in [2.05, 4.69) is 10.6 Å². The molecule has 2 N–H and O–H groups in total. The Hall–Kier alpha value is -4.24. The highest BCUT2D eigenvalue weighted by atomic mass is 35.5. The number of rotatable bonds is 11. The second-order valence-corrected chi connectivity index (χ2v) is 10.2. The Morgan fingerprint density at radius 1 is 0.902 bits per heavy atom. The highest BCUT2D eigenvalue weighted by Gasteiger charge is 2.38. The Labute approximate surface area is 244 Å². The first-order valence-electron chi connectivity index (χ1n) is 13.2. The van der Waals surface area contributed by atoms with E-state index in [1.54, 1.807) is 40.4 Å². The fourth-order valence-electron chi connectivity index (χ4n) is 4.76. The van der Waals surface area contributed by atoms with Crippen LogP contribution in [0.5, 0.6) is 17.2 Å². The Balaban J connectivity index is 1.39. The lowest BCUT2D eigenvalue weighted by Gasteiger charge is -2.37.